The van der Waals surface area contributed by atoms with E-state index in [-0.39, 0.29) is 0 Å². The van der Waals surface area contributed by atoms with Crippen molar-refractivity contribution in [2.24, 2.45) is 0 Å². The van der Waals surface area contributed by atoms with E-state index in [0.29, 0.717) is 6.10 Å². The van der Waals surface area contributed by atoms with E-state index in [9.17, 15) is 0 Å². The molecule has 98 valence electrons. The smallest absolute Gasteiger partial charge is 0.128 e. The Balaban J connectivity index is 1.53. The molecule has 0 amide bonds. The maximum atomic E-state index is 5.59. The average Bonchev–Trinajstić information content (AvgIpc) is 3.10. The quantitative estimate of drug-likeness (QED) is 0.885. The molecule has 1 N–H and O–H groups in total. The van der Waals surface area contributed by atoms with Gasteiger partial charge in [0.2, 0.25) is 0 Å². The van der Waals surface area contributed by atoms with Crippen molar-refractivity contribution in [2.45, 2.75) is 31.8 Å². The summed E-state index contributed by atoms with van der Waals surface area (Å²) < 4.78 is 5.59. The first-order valence-corrected chi connectivity index (χ1v) is 6.98. The predicted molar refractivity (Wildman–Crippen MR) is 73.1 cm³/mol. The molecule has 0 spiro atoms. The summed E-state index contributed by atoms with van der Waals surface area (Å²) in [4.78, 5) is 6.88. The number of nitrogens with zero attached hydrogens (tertiary/aromatic N) is 2. The van der Waals surface area contributed by atoms with Gasteiger partial charge in [0, 0.05) is 26.2 Å². The molecule has 3 rings (SSSR count). The van der Waals surface area contributed by atoms with Crippen LogP contribution in [0, 0.1) is 0 Å². The largest absolute Gasteiger partial charge is 0.381 e. The molecule has 0 saturated carbocycles. The first-order chi connectivity index (χ1) is 8.92. The maximum Gasteiger partial charge on any atom is 0.128 e. The Hall–Kier alpha value is -1.29. The highest BCUT2D eigenvalue weighted by Crippen LogP contribution is 2.19. The fourth-order valence-corrected chi connectivity index (χ4v) is 2.66. The SMILES string of the molecule is c1cc(N2CCCC2)ncc1NCC1CCCO1. The van der Waals surface area contributed by atoms with Crippen LogP contribution in [0.5, 0.6) is 0 Å². The summed E-state index contributed by atoms with van der Waals surface area (Å²) in [6.45, 7) is 4.11. The van der Waals surface area contributed by atoms with Crippen LogP contribution in [0.3, 0.4) is 0 Å². The summed E-state index contributed by atoms with van der Waals surface area (Å²) in [6, 6.07) is 4.23. The summed E-state index contributed by atoms with van der Waals surface area (Å²) in [5.41, 5.74) is 1.09. The van der Waals surface area contributed by atoms with E-state index in [2.05, 4.69) is 27.3 Å². The second-order valence-electron chi connectivity index (χ2n) is 5.12. The summed E-state index contributed by atoms with van der Waals surface area (Å²) in [7, 11) is 0. The zero-order valence-electron chi connectivity index (χ0n) is 10.8. The minimum absolute atomic E-state index is 0.378. The van der Waals surface area contributed by atoms with Gasteiger partial charge in [-0.3, -0.25) is 0 Å². The summed E-state index contributed by atoms with van der Waals surface area (Å²) in [5, 5.41) is 3.40. The van der Waals surface area contributed by atoms with Crippen molar-refractivity contribution in [3.63, 3.8) is 0 Å². The molecule has 0 aromatic carbocycles. The van der Waals surface area contributed by atoms with Crippen LogP contribution in [-0.4, -0.2) is 37.3 Å². The lowest BCUT2D eigenvalue weighted by Gasteiger charge is -2.17. The highest BCUT2D eigenvalue weighted by atomic mass is 16.5. The van der Waals surface area contributed by atoms with Crippen LogP contribution < -0.4 is 10.2 Å². The molecule has 0 radical (unpaired) electrons. The van der Waals surface area contributed by atoms with Gasteiger partial charge in [0.05, 0.1) is 18.0 Å². The van der Waals surface area contributed by atoms with E-state index >= 15 is 0 Å². The molecule has 2 fully saturated rings. The summed E-state index contributed by atoms with van der Waals surface area (Å²) >= 11 is 0. The van der Waals surface area contributed by atoms with Crippen molar-refractivity contribution in [1.82, 2.24) is 4.98 Å². The zero-order valence-corrected chi connectivity index (χ0v) is 10.8. The molecule has 1 atom stereocenters. The number of anilines is 2. The van der Waals surface area contributed by atoms with Gasteiger partial charge in [-0.1, -0.05) is 0 Å². The van der Waals surface area contributed by atoms with Crippen LogP contribution in [0.2, 0.25) is 0 Å². The van der Waals surface area contributed by atoms with Crippen molar-refractivity contribution >= 4 is 11.5 Å². The lowest BCUT2D eigenvalue weighted by molar-refractivity contribution is 0.120. The molecule has 0 bridgehead atoms. The molecule has 4 heteroatoms. The molecular weight excluding hydrogens is 226 g/mol. The molecule has 2 aliphatic rings. The van der Waals surface area contributed by atoms with Gasteiger partial charge in [-0.05, 0) is 37.8 Å². The van der Waals surface area contributed by atoms with Gasteiger partial charge in [0.1, 0.15) is 5.82 Å². The molecule has 1 aromatic rings. The molecule has 1 aromatic heterocycles. The third-order valence-electron chi connectivity index (χ3n) is 3.74. The number of ether oxygens (including phenoxy) is 1. The summed E-state index contributed by atoms with van der Waals surface area (Å²) in [5.74, 6) is 1.11. The van der Waals surface area contributed by atoms with Crippen molar-refractivity contribution in [3.8, 4) is 0 Å². The highest BCUT2D eigenvalue weighted by molar-refractivity contribution is 5.49. The molecule has 0 aliphatic carbocycles. The topological polar surface area (TPSA) is 37.4 Å². The van der Waals surface area contributed by atoms with Crippen LogP contribution in [0.1, 0.15) is 25.7 Å². The van der Waals surface area contributed by atoms with Gasteiger partial charge in [0.25, 0.3) is 0 Å². The molecule has 18 heavy (non-hydrogen) atoms. The zero-order chi connectivity index (χ0) is 12.2. The van der Waals surface area contributed by atoms with E-state index in [4.69, 9.17) is 4.74 Å². The minimum atomic E-state index is 0.378. The molecular formula is C14H21N3O. The Morgan fingerprint density at radius 3 is 2.83 bits per heavy atom. The van der Waals surface area contributed by atoms with Crippen LogP contribution in [0.25, 0.3) is 0 Å². The Labute approximate surface area is 108 Å². The lowest BCUT2D eigenvalue weighted by Crippen LogP contribution is -2.20. The fraction of sp³-hybridized carbons (Fsp3) is 0.643. The lowest BCUT2D eigenvalue weighted by atomic mass is 10.2. The first-order valence-electron chi connectivity index (χ1n) is 6.98. The normalized spacial score (nSPS) is 23.6. The van der Waals surface area contributed by atoms with Crippen molar-refractivity contribution in [2.75, 3.05) is 36.5 Å². The van der Waals surface area contributed by atoms with Crippen molar-refractivity contribution < 1.29 is 4.74 Å². The van der Waals surface area contributed by atoms with E-state index < -0.39 is 0 Å². The van der Waals surface area contributed by atoms with Crippen LogP contribution in [-0.2, 0) is 4.74 Å². The first kappa shape index (κ1) is 11.8. The number of aromatic nitrogens is 1. The maximum absolute atomic E-state index is 5.59. The Morgan fingerprint density at radius 2 is 2.17 bits per heavy atom. The number of hydrogen-bond acceptors (Lipinski definition) is 4. The molecule has 2 saturated heterocycles. The van der Waals surface area contributed by atoms with Crippen LogP contribution in [0.15, 0.2) is 18.3 Å². The molecule has 2 aliphatic heterocycles. The van der Waals surface area contributed by atoms with Crippen molar-refractivity contribution in [3.05, 3.63) is 18.3 Å². The second kappa shape index (κ2) is 5.57. The van der Waals surface area contributed by atoms with E-state index in [0.717, 1.165) is 37.7 Å². The van der Waals surface area contributed by atoms with Crippen LogP contribution >= 0.6 is 0 Å². The third kappa shape index (κ3) is 2.75. The molecule has 3 heterocycles. The predicted octanol–water partition coefficient (Wildman–Crippen LogP) is 2.27. The highest BCUT2D eigenvalue weighted by Gasteiger charge is 2.15. The molecule has 1 unspecified atom stereocenters. The van der Waals surface area contributed by atoms with E-state index in [1.807, 2.05) is 6.20 Å². The Kier molecular flexibility index (Phi) is 3.64. The van der Waals surface area contributed by atoms with Gasteiger partial charge in [0.15, 0.2) is 0 Å². The van der Waals surface area contributed by atoms with Gasteiger partial charge in [-0.15, -0.1) is 0 Å². The van der Waals surface area contributed by atoms with Gasteiger partial charge in [-0.2, -0.15) is 0 Å². The summed E-state index contributed by atoms with van der Waals surface area (Å²) in [6.07, 6.45) is 7.26. The Morgan fingerprint density at radius 1 is 1.28 bits per heavy atom. The standard InChI is InChI=1S/C14H21N3O/c1-2-8-17(7-1)14-6-5-12(10-16-14)15-11-13-4-3-9-18-13/h5-6,10,13,15H,1-4,7-9,11H2. The number of hydrogen-bond donors (Lipinski definition) is 1. The van der Waals surface area contributed by atoms with Crippen LogP contribution in [0.4, 0.5) is 11.5 Å². The van der Waals surface area contributed by atoms with Gasteiger partial charge in [-0.25, -0.2) is 4.98 Å². The number of pyridine rings is 1. The average molecular weight is 247 g/mol. The molecule has 4 nitrogen and oxygen atoms in total. The second-order valence-corrected chi connectivity index (χ2v) is 5.12. The van der Waals surface area contributed by atoms with Crippen molar-refractivity contribution in [1.29, 1.82) is 0 Å². The fourth-order valence-electron chi connectivity index (χ4n) is 2.66. The van der Waals surface area contributed by atoms with Gasteiger partial charge >= 0.3 is 0 Å². The van der Waals surface area contributed by atoms with E-state index in [1.165, 1.54) is 25.7 Å². The van der Waals surface area contributed by atoms with Gasteiger partial charge < -0.3 is 15.0 Å². The number of rotatable bonds is 4. The minimum Gasteiger partial charge on any atom is -0.381 e. The third-order valence-corrected chi connectivity index (χ3v) is 3.74. The Bertz CT molecular complexity index is 367. The monoisotopic (exact) mass is 247 g/mol. The number of nitrogens with one attached hydrogen (secondary N) is 1. The van der Waals surface area contributed by atoms with E-state index in [1.54, 1.807) is 0 Å².